The monoisotopic (exact) mass is 438 g/mol. The molecule has 0 fully saturated rings. The summed E-state index contributed by atoms with van der Waals surface area (Å²) in [6.07, 6.45) is 14.1. The minimum atomic E-state index is -0.416. The minimum absolute atomic E-state index is 0.0535. The van der Waals surface area contributed by atoms with Crippen molar-refractivity contribution < 1.29 is 9.50 Å². The Morgan fingerprint density at radius 3 is 2.48 bits per heavy atom. The number of aromatic hydroxyl groups is 1. The van der Waals surface area contributed by atoms with Gasteiger partial charge in [-0.2, -0.15) is 0 Å². The first kappa shape index (κ1) is 24.7. The van der Waals surface area contributed by atoms with Crippen LogP contribution in [0.1, 0.15) is 64.2 Å². The molecule has 0 bridgehead atoms. The highest BCUT2D eigenvalue weighted by Crippen LogP contribution is 2.42. The van der Waals surface area contributed by atoms with Gasteiger partial charge in [0.05, 0.1) is 0 Å². The SMILES string of the molecule is C=C(C)/C=C(\C)C(C)/C(=C/C)c1ccc(O)c(/C2=C(F)/C=C(/Cl)CC=CC2)c1/C=C\C. The fraction of sp³-hybridized carbons (Fsp3) is 0.286. The van der Waals surface area contributed by atoms with E-state index in [1.165, 1.54) is 11.6 Å². The van der Waals surface area contributed by atoms with Crippen molar-refractivity contribution in [2.24, 2.45) is 5.92 Å². The van der Waals surface area contributed by atoms with Gasteiger partial charge in [-0.1, -0.05) is 78.8 Å². The molecule has 2 rings (SSSR count). The summed E-state index contributed by atoms with van der Waals surface area (Å²) in [6, 6.07) is 3.56. The van der Waals surface area contributed by atoms with Crippen molar-refractivity contribution in [3.8, 4) is 5.75 Å². The summed E-state index contributed by atoms with van der Waals surface area (Å²) in [7, 11) is 0. The van der Waals surface area contributed by atoms with Crippen molar-refractivity contribution in [1.82, 2.24) is 0 Å². The third-order valence-electron chi connectivity index (χ3n) is 5.48. The number of hydrogen-bond acceptors (Lipinski definition) is 1. The lowest BCUT2D eigenvalue weighted by molar-refractivity contribution is 0.473. The zero-order chi connectivity index (χ0) is 23.1. The molecule has 0 aromatic heterocycles. The molecule has 1 aliphatic rings. The summed E-state index contributed by atoms with van der Waals surface area (Å²) >= 11 is 6.14. The van der Waals surface area contributed by atoms with Gasteiger partial charge in [0.1, 0.15) is 11.6 Å². The van der Waals surface area contributed by atoms with E-state index in [-0.39, 0.29) is 11.7 Å². The molecule has 0 saturated heterocycles. The van der Waals surface area contributed by atoms with Gasteiger partial charge < -0.3 is 5.11 Å². The van der Waals surface area contributed by atoms with Crippen LogP contribution in [-0.4, -0.2) is 5.11 Å². The van der Waals surface area contributed by atoms with Gasteiger partial charge in [-0.15, -0.1) is 0 Å². The van der Waals surface area contributed by atoms with Crippen LogP contribution < -0.4 is 0 Å². The summed E-state index contributed by atoms with van der Waals surface area (Å²) in [5.41, 5.74) is 6.01. The number of allylic oxidation sites excluding steroid dienone is 12. The Balaban J connectivity index is 2.80. The minimum Gasteiger partial charge on any atom is -0.507 e. The molecule has 3 heteroatoms. The lowest BCUT2D eigenvalue weighted by atomic mass is 9.82. The molecular weight excluding hydrogens is 407 g/mol. The molecule has 1 aromatic carbocycles. The molecule has 0 spiro atoms. The van der Waals surface area contributed by atoms with E-state index in [1.54, 1.807) is 6.07 Å². The number of halogens is 2. The lowest BCUT2D eigenvalue weighted by Crippen LogP contribution is -2.05. The van der Waals surface area contributed by atoms with Gasteiger partial charge in [-0.05, 0) is 63.0 Å². The largest absolute Gasteiger partial charge is 0.507 e. The molecule has 1 nitrogen and oxygen atoms in total. The van der Waals surface area contributed by atoms with Crippen LogP contribution in [0.15, 0.2) is 77.2 Å². The van der Waals surface area contributed by atoms with Crippen LogP contribution in [0.5, 0.6) is 5.75 Å². The molecule has 0 saturated carbocycles. The first-order chi connectivity index (χ1) is 14.7. The molecule has 1 aliphatic carbocycles. The molecule has 0 heterocycles. The number of hydrogen-bond donors (Lipinski definition) is 1. The molecule has 0 radical (unpaired) electrons. The highest BCUT2D eigenvalue weighted by atomic mass is 35.5. The van der Waals surface area contributed by atoms with Crippen LogP contribution in [0.4, 0.5) is 4.39 Å². The Labute approximate surface area is 191 Å². The molecule has 1 N–H and O–H groups in total. The van der Waals surface area contributed by atoms with Crippen molar-refractivity contribution in [1.29, 1.82) is 0 Å². The van der Waals surface area contributed by atoms with Gasteiger partial charge >= 0.3 is 0 Å². The van der Waals surface area contributed by atoms with Crippen LogP contribution in [0.25, 0.3) is 17.2 Å². The second-order valence-corrected chi connectivity index (χ2v) is 8.40. The highest BCUT2D eigenvalue weighted by molar-refractivity contribution is 6.29. The third-order valence-corrected chi connectivity index (χ3v) is 5.74. The predicted molar refractivity (Wildman–Crippen MR) is 135 cm³/mol. The fourth-order valence-electron chi connectivity index (χ4n) is 3.91. The first-order valence-corrected chi connectivity index (χ1v) is 11.0. The summed E-state index contributed by atoms with van der Waals surface area (Å²) in [4.78, 5) is 0. The van der Waals surface area contributed by atoms with Crippen LogP contribution in [0, 0.1) is 5.92 Å². The average molecular weight is 439 g/mol. The quantitative estimate of drug-likeness (QED) is 0.346. The van der Waals surface area contributed by atoms with E-state index < -0.39 is 5.83 Å². The fourth-order valence-corrected chi connectivity index (χ4v) is 4.10. The van der Waals surface area contributed by atoms with Gasteiger partial charge in [-0.3, -0.25) is 0 Å². The Kier molecular flexibility index (Phi) is 8.88. The van der Waals surface area contributed by atoms with Crippen LogP contribution >= 0.6 is 11.6 Å². The summed E-state index contributed by atoms with van der Waals surface area (Å²) in [5, 5.41) is 11.2. The van der Waals surface area contributed by atoms with Crippen molar-refractivity contribution >= 4 is 28.8 Å². The van der Waals surface area contributed by atoms with Gasteiger partial charge in [0.25, 0.3) is 0 Å². The smallest absolute Gasteiger partial charge is 0.128 e. The van der Waals surface area contributed by atoms with Crippen LogP contribution in [0.2, 0.25) is 0 Å². The summed E-state index contributed by atoms with van der Waals surface area (Å²) in [6.45, 7) is 14.1. The molecule has 0 amide bonds. The van der Waals surface area contributed by atoms with Gasteiger partial charge in [0, 0.05) is 28.5 Å². The normalized spacial score (nSPS) is 20.9. The number of phenolic OH excluding ortho intramolecular Hbond substituents is 1. The second kappa shape index (κ2) is 11.2. The summed E-state index contributed by atoms with van der Waals surface area (Å²) < 4.78 is 15.2. The Bertz CT molecular complexity index is 1030. The van der Waals surface area contributed by atoms with Crippen LogP contribution in [0.3, 0.4) is 0 Å². The summed E-state index contributed by atoms with van der Waals surface area (Å²) in [5.74, 6) is -0.229. The number of benzene rings is 1. The van der Waals surface area contributed by atoms with E-state index in [2.05, 4.69) is 32.6 Å². The van der Waals surface area contributed by atoms with E-state index in [4.69, 9.17) is 11.6 Å². The standard InChI is InChI=1S/C28H32ClFO/c1-7-11-24-23(22(8-2)20(6)19(5)16-18(3)4)14-15-27(31)28(24)25-13-10-9-12-21(29)17-26(25)30/h7-11,14-17,20,31H,3,12-13H2,1-2,4-6H3/b10-9?,11-7-,19-16+,21-17+,22-8-,26-25-. The van der Waals surface area contributed by atoms with Crippen molar-refractivity contribution in [2.75, 3.05) is 0 Å². The number of phenols is 1. The van der Waals surface area contributed by atoms with E-state index >= 15 is 4.39 Å². The Hall–Kier alpha value is -2.58. The zero-order valence-corrected chi connectivity index (χ0v) is 19.9. The maximum atomic E-state index is 15.2. The molecule has 164 valence electrons. The second-order valence-electron chi connectivity index (χ2n) is 7.92. The maximum absolute atomic E-state index is 15.2. The average Bonchev–Trinajstić information content (AvgIpc) is 2.69. The van der Waals surface area contributed by atoms with Crippen molar-refractivity contribution in [2.45, 2.75) is 47.5 Å². The van der Waals surface area contributed by atoms with E-state index in [0.717, 1.165) is 22.3 Å². The molecule has 31 heavy (non-hydrogen) atoms. The highest BCUT2D eigenvalue weighted by Gasteiger charge is 2.22. The van der Waals surface area contributed by atoms with Gasteiger partial charge in [0.15, 0.2) is 0 Å². The molecule has 1 aromatic rings. The maximum Gasteiger partial charge on any atom is 0.128 e. The van der Waals surface area contributed by atoms with Gasteiger partial charge in [0.2, 0.25) is 0 Å². The topological polar surface area (TPSA) is 20.2 Å². The van der Waals surface area contributed by atoms with Gasteiger partial charge in [-0.25, -0.2) is 4.39 Å². The third kappa shape index (κ3) is 5.98. The predicted octanol–water partition coefficient (Wildman–Crippen LogP) is 9.14. The molecular formula is C28H32ClFO. The number of rotatable bonds is 6. The molecule has 1 unspecified atom stereocenters. The zero-order valence-electron chi connectivity index (χ0n) is 19.1. The lowest BCUT2D eigenvalue weighted by Gasteiger charge is -2.23. The van der Waals surface area contributed by atoms with E-state index in [9.17, 15) is 5.11 Å². The Morgan fingerprint density at radius 1 is 1.19 bits per heavy atom. The van der Waals surface area contributed by atoms with E-state index in [1.807, 2.05) is 51.1 Å². The molecule has 0 aliphatic heterocycles. The first-order valence-electron chi connectivity index (χ1n) is 10.6. The van der Waals surface area contributed by atoms with Crippen molar-refractivity contribution in [3.05, 3.63) is 93.9 Å². The van der Waals surface area contributed by atoms with E-state index in [0.29, 0.717) is 29.0 Å². The Morgan fingerprint density at radius 2 is 1.87 bits per heavy atom. The molecule has 1 atom stereocenters. The van der Waals surface area contributed by atoms with Crippen molar-refractivity contribution in [3.63, 3.8) is 0 Å². The van der Waals surface area contributed by atoms with Crippen LogP contribution in [-0.2, 0) is 0 Å².